The molecule has 7 heteroatoms. The lowest BCUT2D eigenvalue weighted by atomic mass is 10.1. The summed E-state index contributed by atoms with van der Waals surface area (Å²) < 4.78 is 19.0. The fourth-order valence-corrected chi connectivity index (χ4v) is 3.06. The lowest BCUT2D eigenvalue weighted by Crippen LogP contribution is -2.50. The average Bonchev–Trinajstić information content (AvgIpc) is 2.68. The van der Waals surface area contributed by atoms with Gasteiger partial charge in [0.1, 0.15) is 5.82 Å². The van der Waals surface area contributed by atoms with Gasteiger partial charge >= 0.3 is 5.97 Å². The van der Waals surface area contributed by atoms with Crippen LogP contribution in [0.4, 0.5) is 15.8 Å². The smallest absolute Gasteiger partial charge is 0.340 e. The standard InChI is InChI=1S/C20H22FN3O3/c1-14-5-4-6-15(19(14)22)20(26)27-13-18(25)24-11-9-23(10-12-24)17-8-3-2-7-16(17)21/h2-8H,9-13,22H2,1H3. The summed E-state index contributed by atoms with van der Waals surface area (Å²) >= 11 is 0. The molecular weight excluding hydrogens is 349 g/mol. The molecule has 0 saturated carbocycles. The van der Waals surface area contributed by atoms with Crippen LogP contribution in [0.1, 0.15) is 15.9 Å². The Bertz CT molecular complexity index is 848. The zero-order valence-corrected chi connectivity index (χ0v) is 15.2. The quantitative estimate of drug-likeness (QED) is 0.659. The Morgan fingerprint density at radius 2 is 1.78 bits per heavy atom. The molecule has 1 heterocycles. The molecule has 2 N–H and O–H groups in total. The van der Waals surface area contributed by atoms with Crippen molar-refractivity contribution in [2.24, 2.45) is 0 Å². The molecule has 1 aliphatic heterocycles. The highest BCUT2D eigenvalue weighted by Crippen LogP contribution is 2.20. The normalized spacial score (nSPS) is 14.1. The van der Waals surface area contributed by atoms with Crippen molar-refractivity contribution in [3.63, 3.8) is 0 Å². The third-order valence-electron chi connectivity index (χ3n) is 4.70. The van der Waals surface area contributed by atoms with E-state index in [0.29, 0.717) is 37.6 Å². The summed E-state index contributed by atoms with van der Waals surface area (Å²) in [6.45, 7) is 3.38. The molecule has 0 atom stereocenters. The first-order valence-corrected chi connectivity index (χ1v) is 8.77. The summed E-state index contributed by atoms with van der Waals surface area (Å²) in [5.41, 5.74) is 7.81. The van der Waals surface area contributed by atoms with Gasteiger partial charge in [0.05, 0.1) is 11.3 Å². The average molecular weight is 371 g/mol. The van der Waals surface area contributed by atoms with Crippen LogP contribution < -0.4 is 10.6 Å². The third-order valence-corrected chi connectivity index (χ3v) is 4.70. The van der Waals surface area contributed by atoms with E-state index in [4.69, 9.17) is 10.5 Å². The lowest BCUT2D eigenvalue weighted by molar-refractivity contribution is -0.134. The van der Waals surface area contributed by atoms with Crippen molar-refractivity contribution in [1.82, 2.24) is 4.90 Å². The van der Waals surface area contributed by atoms with Gasteiger partial charge in [0, 0.05) is 31.9 Å². The van der Waals surface area contributed by atoms with Crippen LogP contribution in [0.3, 0.4) is 0 Å². The molecule has 0 aromatic heterocycles. The molecule has 142 valence electrons. The maximum absolute atomic E-state index is 13.9. The Kier molecular flexibility index (Phi) is 5.59. The van der Waals surface area contributed by atoms with Gasteiger partial charge in [0.25, 0.3) is 5.91 Å². The Balaban J connectivity index is 1.52. The minimum Gasteiger partial charge on any atom is -0.452 e. The first-order chi connectivity index (χ1) is 13.0. The first kappa shape index (κ1) is 18.7. The molecule has 1 aliphatic rings. The fraction of sp³-hybridized carbons (Fsp3) is 0.300. The third kappa shape index (κ3) is 4.19. The van der Waals surface area contributed by atoms with Crippen molar-refractivity contribution >= 4 is 23.3 Å². The second-order valence-electron chi connectivity index (χ2n) is 6.43. The Hall–Kier alpha value is -3.09. The van der Waals surface area contributed by atoms with Crippen molar-refractivity contribution in [2.45, 2.75) is 6.92 Å². The Labute approximate surface area is 157 Å². The van der Waals surface area contributed by atoms with Gasteiger partial charge in [-0.05, 0) is 30.7 Å². The van der Waals surface area contributed by atoms with Crippen LogP contribution in [-0.2, 0) is 9.53 Å². The molecule has 0 aliphatic carbocycles. The zero-order valence-electron chi connectivity index (χ0n) is 15.2. The predicted molar refractivity (Wildman–Crippen MR) is 101 cm³/mol. The van der Waals surface area contributed by atoms with Crippen LogP contribution >= 0.6 is 0 Å². The van der Waals surface area contributed by atoms with Crippen LogP contribution in [0, 0.1) is 12.7 Å². The van der Waals surface area contributed by atoms with E-state index in [1.165, 1.54) is 6.07 Å². The largest absolute Gasteiger partial charge is 0.452 e. The molecular formula is C20H22FN3O3. The van der Waals surface area contributed by atoms with Crippen molar-refractivity contribution in [1.29, 1.82) is 0 Å². The van der Waals surface area contributed by atoms with Gasteiger partial charge in [0.15, 0.2) is 6.61 Å². The van der Waals surface area contributed by atoms with E-state index >= 15 is 0 Å². The predicted octanol–water partition coefficient (Wildman–Crippen LogP) is 2.22. The lowest BCUT2D eigenvalue weighted by Gasteiger charge is -2.36. The van der Waals surface area contributed by atoms with Crippen LogP contribution in [0.15, 0.2) is 42.5 Å². The first-order valence-electron chi connectivity index (χ1n) is 8.77. The van der Waals surface area contributed by atoms with Crippen LogP contribution in [0.2, 0.25) is 0 Å². The second-order valence-corrected chi connectivity index (χ2v) is 6.43. The molecule has 1 amide bonds. The summed E-state index contributed by atoms with van der Waals surface area (Å²) in [7, 11) is 0. The highest BCUT2D eigenvalue weighted by molar-refractivity contribution is 5.96. The minimum absolute atomic E-state index is 0.257. The van der Waals surface area contributed by atoms with Crippen LogP contribution in [0.5, 0.6) is 0 Å². The molecule has 0 radical (unpaired) electrons. The van der Waals surface area contributed by atoms with Gasteiger partial charge in [-0.3, -0.25) is 4.79 Å². The molecule has 27 heavy (non-hydrogen) atoms. The number of esters is 1. The Morgan fingerprint density at radius 3 is 2.48 bits per heavy atom. The number of hydrogen-bond donors (Lipinski definition) is 1. The number of nitrogen functional groups attached to an aromatic ring is 1. The van der Waals surface area contributed by atoms with E-state index in [1.54, 1.807) is 48.2 Å². The zero-order chi connectivity index (χ0) is 19.4. The maximum atomic E-state index is 13.9. The maximum Gasteiger partial charge on any atom is 0.340 e. The number of nitrogens with zero attached hydrogens (tertiary/aromatic N) is 2. The van der Waals surface area contributed by atoms with Crippen LogP contribution in [-0.4, -0.2) is 49.6 Å². The van der Waals surface area contributed by atoms with Gasteiger partial charge in [0.2, 0.25) is 0 Å². The number of benzene rings is 2. The van der Waals surface area contributed by atoms with E-state index in [9.17, 15) is 14.0 Å². The van der Waals surface area contributed by atoms with Crippen molar-refractivity contribution < 1.29 is 18.7 Å². The van der Waals surface area contributed by atoms with E-state index in [0.717, 1.165) is 5.56 Å². The minimum atomic E-state index is -0.616. The molecule has 2 aromatic carbocycles. The number of para-hydroxylation sites is 2. The molecule has 6 nitrogen and oxygen atoms in total. The van der Waals surface area contributed by atoms with Crippen molar-refractivity contribution in [3.8, 4) is 0 Å². The van der Waals surface area contributed by atoms with E-state index in [2.05, 4.69) is 0 Å². The molecule has 1 fully saturated rings. The molecule has 0 bridgehead atoms. The van der Waals surface area contributed by atoms with Crippen LogP contribution in [0.25, 0.3) is 0 Å². The number of hydrogen-bond acceptors (Lipinski definition) is 5. The fourth-order valence-electron chi connectivity index (χ4n) is 3.06. The SMILES string of the molecule is Cc1cccc(C(=O)OCC(=O)N2CCN(c3ccccc3F)CC2)c1N. The van der Waals surface area contributed by atoms with Gasteiger partial charge in [-0.2, -0.15) is 0 Å². The van der Waals surface area contributed by atoms with E-state index < -0.39 is 5.97 Å². The van der Waals surface area contributed by atoms with Gasteiger partial charge in [-0.15, -0.1) is 0 Å². The number of carbonyl (C=O) groups excluding carboxylic acids is 2. The number of carbonyl (C=O) groups is 2. The summed E-state index contributed by atoms with van der Waals surface area (Å²) in [5, 5.41) is 0. The van der Waals surface area contributed by atoms with Crippen molar-refractivity contribution in [3.05, 3.63) is 59.4 Å². The highest BCUT2D eigenvalue weighted by Gasteiger charge is 2.24. The number of anilines is 2. The molecule has 3 rings (SSSR count). The number of piperazine rings is 1. The monoisotopic (exact) mass is 371 g/mol. The molecule has 0 spiro atoms. The number of amides is 1. The number of ether oxygens (including phenoxy) is 1. The summed E-state index contributed by atoms with van der Waals surface area (Å²) in [5.74, 6) is -1.17. The number of rotatable bonds is 4. The molecule has 0 unspecified atom stereocenters. The molecule has 1 saturated heterocycles. The Morgan fingerprint density at radius 1 is 1.07 bits per heavy atom. The number of halogens is 1. The second kappa shape index (κ2) is 8.07. The molecule has 2 aromatic rings. The van der Waals surface area contributed by atoms with Gasteiger partial charge in [-0.1, -0.05) is 24.3 Å². The van der Waals surface area contributed by atoms with E-state index in [1.807, 2.05) is 4.90 Å². The van der Waals surface area contributed by atoms with E-state index in [-0.39, 0.29) is 23.9 Å². The number of aryl methyl sites for hydroxylation is 1. The summed E-state index contributed by atoms with van der Waals surface area (Å²) in [6, 6.07) is 11.7. The topological polar surface area (TPSA) is 75.9 Å². The number of nitrogens with two attached hydrogens (primary N) is 1. The summed E-state index contributed by atoms with van der Waals surface area (Å²) in [4.78, 5) is 28.0. The van der Waals surface area contributed by atoms with Crippen molar-refractivity contribution in [2.75, 3.05) is 43.4 Å². The highest BCUT2D eigenvalue weighted by atomic mass is 19.1. The summed E-state index contributed by atoms with van der Waals surface area (Å²) in [6.07, 6.45) is 0. The van der Waals surface area contributed by atoms with Gasteiger partial charge < -0.3 is 20.3 Å². The van der Waals surface area contributed by atoms with Gasteiger partial charge in [-0.25, -0.2) is 9.18 Å².